The predicted octanol–water partition coefficient (Wildman–Crippen LogP) is 2.83. The summed E-state index contributed by atoms with van der Waals surface area (Å²) < 4.78 is 0. The van der Waals surface area contributed by atoms with E-state index in [9.17, 15) is 9.59 Å². The van der Waals surface area contributed by atoms with E-state index in [1.165, 1.54) is 6.20 Å². The van der Waals surface area contributed by atoms with Crippen LogP contribution < -0.4 is 0 Å². The molecular weight excluding hydrogens is 246 g/mol. The Morgan fingerprint density at radius 2 is 1.83 bits per heavy atom. The zero-order valence-electron chi connectivity index (χ0n) is 9.54. The first-order valence-electron chi connectivity index (χ1n) is 5.43. The first-order chi connectivity index (χ1) is 8.68. The molecule has 2 aromatic rings. The summed E-state index contributed by atoms with van der Waals surface area (Å²) in [5.74, 6) is -0.459. The lowest BCUT2D eigenvalue weighted by atomic mass is 10.0. The fourth-order valence-electron chi connectivity index (χ4n) is 1.58. The second-order valence-electron chi connectivity index (χ2n) is 3.78. The molecule has 4 heteroatoms. The molecule has 0 bridgehead atoms. The SMILES string of the molecule is O=C(CC(=O)c1ccccc1S)c1cccnc1. The number of thiol groups is 1. The van der Waals surface area contributed by atoms with Gasteiger partial charge in [0, 0.05) is 28.4 Å². The highest BCUT2D eigenvalue weighted by molar-refractivity contribution is 7.80. The molecule has 0 aliphatic carbocycles. The molecule has 1 aromatic heterocycles. The van der Waals surface area contributed by atoms with Gasteiger partial charge in [-0.3, -0.25) is 14.6 Å². The van der Waals surface area contributed by atoms with Crippen molar-refractivity contribution in [2.75, 3.05) is 0 Å². The quantitative estimate of drug-likeness (QED) is 0.520. The number of pyridine rings is 1. The molecule has 0 saturated heterocycles. The Balaban J connectivity index is 2.14. The number of ketones is 2. The summed E-state index contributed by atoms with van der Waals surface area (Å²) >= 11 is 4.20. The summed E-state index contributed by atoms with van der Waals surface area (Å²) in [7, 11) is 0. The highest BCUT2D eigenvalue weighted by atomic mass is 32.1. The van der Waals surface area contributed by atoms with Gasteiger partial charge in [-0.15, -0.1) is 12.6 Å². The van der Waals surface area contributed by atoms with E-state index < -0.39 is 0 Å². The van der Waals surface area contributed by atoms with Gasteiger partial charge in [-0.05, 0) is 18.2 Å². The lowest BCUT2D eigenvalue weighted by Crippen LogP contribution is -2.09. The van der Waals surface area contributed by atoms with Crippen LogP contribution in [0.5, 0.6) is 0 Å². The topological polar surface area (TPSA) is 47.0 Å². The first kappa shape index (κ1) is 12.5. The van der Waals surface area contributed by atoms with Crippen LogP contribution in [0.15, 0.2) is 53.7 Å². The minimum atomic E-state index is -0.232. The van der Waals surface area contributed by atoms with Gasteiger partial charge in [0.2, 0.25) is 0 Å². The van der Waals surface area contributed by atoms with E-state index in [0.717, 1.165) is 0 Å². The van der Waals surface area contributed by atoms with Gasteiger partial charge in [0.05, 0.1) is 6.42 Å². The monoisotopic (exact) mass is 257 g/mol. The van der Waals surface area contributed by atoms with Gasteiger partial charge in [0.15, 0.2) is 11.6 Å². The smallest absolute Gasteiger partial charge is 0.172 e. The van der Waals surface area contributed by atoms with Crippen LogP contribution in [0.4, 0.5) is 0 Å². The molecule has 0 unspecified atom stereocenters. The highest BCUT2D eigenvalue weighted by Crippen LogP contribution is 2.16. The average Bonchev–Trinajstić information content (AvgIpc) is 2.40. The van der Waals surface area contributed by atoms with Crippen molar-refractivity contribution in [3.05, 3.63) is 59.9 Å². The molecule has 90 valence electrons. The van der Waals surface area contributed by atoms with Gasteiger partial charge in [-0.1, -0.05) is 18.2 Å². The molecule has 0 aliphatic rings. The van der Waals surface area contributed by atoms with E-state index in [4.69, 9.17) is 0 Å². The van der Waals surface area contributed by atoms with Crippen LogP contribution >= 0.6 is 12.6 Å². The standard InChI is InChI=1S/C14H11NO2S/c16-12(10-4-3-7-15-9-10)8-13(17)11-5-1-2-6-14(11)18/h1-7,9,18H,8H2. The number of rotatable bonds is 4. The van der Waals surface area contributed by atoms with Crippen molar-refractivity contribution in [2.45, 2.75) is 11.3 Å². The summed E-state index contributed by atoms with van der Waals surface area (Å²) in [6.45, 7) is 0. The molecule has 1 aromatic carbocycles. The van der Waals surface area contributed by atoms with Gasteiger partial charge < -0.3 is 0 Å². The lowest BCUT2D eigenvalue weighted by molar-refractivity contribution is 0.0892. The van der Waals surface area contributed by atoms with Crippen LogP contribution in [-0.2, 0) is 0 Å². The van der Waals surface area contributed by atoms with Crippen molar-refractivity contribution in [3.63, 3.8) is 0 Å². The molecule has 0 amide bonds. The molecular formula is C14H11NO2S. The van der Waals surface area contributed by atoms with Crippen molar-refractivity contribution in [2.24, 2.45) is 0 Å². The summed E-state index contributed by atoms with van der Waals surface area (Å²) in [6, 6.07) is 10.3. The normalized spacial score (nSPS) is 10.1. The number of Topliss-reactive ketones (excluding diaryl/α,β-unsaturated/α-hetero) is 2. The van der Waals surface area contributed by atoms with E-state index in [-0.39, 0.29) is 18.0 Å². The molecule has 18 heavy (non-hydrogen) atoms. The molecule has 1 heterocycles. The summed E-state index contributed by atoms with van der Waals surface area (Å²) in [5, 5.41) is 0. The van der Waals surface area contributed by atoms with Crippen molar-refractivity contribution in [1.82, 2.24) is 4.98 Å². The minimum absolute atomic E-state index is 0.163. The zero-order valence-corrected chi connectivity index (χ0v) is 10.4. The van der Waals surface area contributed by atoms with Crippen molar-refractivity contribution >= 4 is 24.2 Å². The molecule has 0 atom stereocenters. The second-order valence-corrected chi connectivity index (χ2v) is 4.26. The van der Waals surface area contributed by atoms with E-state index in [0.29, 0.717) is 16.0 Å². The number of carbonyl (C=O) groups excluding carboxylic acids is 2. The number of hydrogen-bond acceptors (Lipinski definition) is 4. The maximum absolute atomic E-state index is 12.0. The van der Waals surface area contributed by atoms with Gasteiger partial charge in [0.25, 0.3) is 0 Å². The molecule has 0 aliphatic heterocycles. The molecule has 0 N–H and O–H groups in total. The Kier molecular flexibility index (Phi) is 3.89. The first-order valence-corrected chi connectivity index (χ1v) is 5.87. The van der Waals surface area contributed by atoms with E-state index in [2.05, 4.69) is 17.6 Å². The molecule has 3 nitrogen and oxygen atoms in total. The summed E-state index contributed by atoms with van der Waals surface area (Å²) in [6.07, 6.45) is 2.88. The molecule has 0 radical (unpaired) electrons. The number of aromatic nitrogens is 1. The maximum atomic E-state index is 12.0. The van der Waals surface area contributed by atoms with Crippen LogP contribution in [0, 0.1) is 0 Å². The van der Waals surface area contributed by atoms with Crippen LogP contribution in [0.25, 0.3) is 0 Å². The zero-order chi connectivity index (χ0) is 13.0. The third kappa shape index (κ3) is 2.84. The van der Waals surface area contributed by atoms with Crippen LogP contribution in [0.3, 0.4) is 0 Å². The largest absolute Gasteiger partial charge is 0.294 e. The van der Waals surface area contributed by atoms with Gasteiger partial charge in [-0.2, -0.15) is 0 Å². The van der Waals surface area contributed by atoms with Crippen LogP contribution in [0.1, 0.15) is 27.1 Å². The van der Waals surface area contributed by atoms with Gasteiger partial charge in [-0.25, -0.2) is 0 Å². The molecule has 0 saturated carbocycles. The Bertz CT molecular complexity index is 581. The van der Waals surface area contributed by atoms with E-state index in [1.807, 2.05) is 0 Å². The number of carbonyl (C=O) groups is 2. The Hall–Kier alpha value is -1.94. The Labute approximate surface area is 110 Å². The lowest BCUT2D eigenvalue weighted by Gasteiger charge is -2.03. The average molecular weight is 257 g/mol. The highest BCUT2D eigenvalue weighted by Gasteiger charge is 2.15. The van der Waals surface area contributed by atoms with Gasteiger partial charge in [0.1, 0.15) is 0 Å². The number of benzene rings is 1. The second kappa shape index (κ2) is 5.60. The third-order valence-electron chi connectivity index (χ3n) is 2.51. The van der Waals surface area contributed by atoms with E-state index >= 15 is 0 Å². The Morgan fingerprint density at radius 3 is 2.50 bits per heavy atom. The van der Waals surface area contributed by atoms with Crippen LogP contribution in [-0.4, -0.2) is 16.6 Å². The summed E-state index contributed by atoms with van der Waals surface area (Å²) in [4.78, 5) is 28.3. The predicted molar refractivity (Wildman–Crippen MR) is 71.2 cm³/mol. The fourth-order valence-corrected chi connectivity index (χ4v) is 1.87. The number of nitrogens with zero attached hydrogens (tertiary/aromatic N) is 1. The maximum Gasteiger partial charge on any atom is 0.172 e. The van der Waals surface area contributed by atoms with Gasteiger partial charge >= 0.3 is 0 Å². The van der Waals surface area contributed by atoms with Crippen molar-refractivity contribution < 1.29 is 9.59 Å². The fraction of sp³-hybridized carbons (Fsp3) is 0.0714. The molecule has 0 fully saturated rings. The number of hydrogen-bond donors (Lipinski definition) is 1. The minimum Gasteiger partial charge on any atom is -0.294 e. The summed E-state index contributed by atoms with van der Waals surface area (Å²) in [5.41, 5.74) is 0.917. The molecule has 0 spiro atoms. The van der Waals surface area contributed by atoms with Crippen molar-refractivity contribution in [3.8, 4) is 0 Å². The van der Waals surface area contributed by atoms with Crippen LogP contribution in [0.2, 0.25) is 0 Å². The van der Waals surface area contributed by atoms with Crippen molar-refractivity contribution in [1.29, 1.82) is 0 Å². The van der Waals surface area contributed by atoms with E-state index in [1.54, 1.807) is 42.6 Å². The molecule has 2 rings (SSSR count). The third-order valence-corrected chi connectivity index (χ3v) is 2.90. The Morgan fingerprint density at radius 1 is 1.06 bits per heavy atom.